The largest absolute Gasteiger partial charge is 0.378 e. The molecule has 1 heterocycles. The number of halogens is 1. The van der Waals surface area contributed by atoms with E-state index in [0.29, 0.717) is 24.1 Å². The zero-order chi connectivity index (χ0) is 19.9. The summed E-state index contributed by atoms with van der Waals surface area (Å²) in [5.74, 6) is 0.0273. The molecule has 5 nitrogen and oxygen atoms in total. The standard InChI is InChI=1S/C22H30ClN3O2/c1-16-21(17(2)26(25-16)19-11-9-18(23)10-12-19)15-22(27)24-13-6-14-28-20-7-4-3-5-8-20/h9-12,20H,3-8,13-15H2,1-2H3,(H,24,27). The molecule has 0 atom stereocenters. The quantitative estimate of drug-likeness (QED) is 0.658. The molecule has 1 saturated carbocycles. The first-order chi connectivity index (χ1) is 13.5. The summed E-state index contributed by atoms with van der Waals surface area (Å²) in [5.41, 5.74) is 3.78. The highest BCUT2D eigenvalue weighted by Gasteiger charge is 2.16. The summed E-state index contributed by atoms with van der Waals surface area (Å²) in [7, 11) is 0. The number of carbonyl (C=O) groups is 1. The van der Waals surface area contributed by atoms with Gasteiger partial charge in [-0.15, -0.1) is 0 Å². The van der Waals surface area contributed by atoms with E-state index in [2.05, 4.69) is 10.4 Å². The van der Waals surface area contributed by atoms with Crippen molar-refractivity contribution < 1.29 is 9.53 Å². The molecule has 0 aliphatic heterocycles. The van der Waals surface area contributed by atoms with E-state index >= 15 is 0 Å². The van der Waals surface area contributed by atoms with E-state index < -0.39 is 0 Å². The number of hydrogen-bond acceptors (Lipinski definition) is 3. The number of nitrogens with zero attached hydrogens (tertiary/aromatic N) is 2. The Morgan fingerprint density at radius 3 is 2.64 bits per heavy atom. The number of aromatic nitrogens is 2. The summed E-state index contributed by atoms with van der Waals surface area (Å²) in [6.07, 6.45) is 7.88. The van der Waals surface area contributed by atoms with Gasteiger partial charge in [0.05, 0.1) is 23.9 Å². The van der Waals surface area contributed by atoms with Crippen molar-refractivity contribution in [3.05, 3.63) is 46.2 Å². The van der Waals surface area contributed by atoms with Crippen molar-refractivity contribution in [2.75, 3.05) is 13.2 Å². The van der Waals surface area contributed by atoms with Crippen LogP contribution in [0.5, 0.6) is 0 Å². The lowest BCUT2D eigenvalue weighted by atomic mass is 9.98. The first-order valence-electron chi connectivity index (χ1n) is 10.2. The average Bonchev–Trinajstić information content (AvgIpc) is 2.97. The lowest BCUT2D eigenvalue weighted by Gasteiger charge is -2.21. The van der Waals surface area contributed by atoms with Crippen LogP contribution in [-0.4, -0.2) is 34.9 Å². The minimum Gasteiger partial charge on any atom is -0.378 e. The second-order valence-corrected chi connectivity index (χ2v) is 7.99. The third kappa shape index (κ3) is 5.58. The Kier molecular flexibility index (Phi) is 7.51. The zero-order valence-corrected chi connectivity index (χ0v) is 17.6. The van der Waals surface area contributed by atoms with Gasteiger partial charge >= 0.3 is 0 Å². The number of nitrogens with one attached hydrogen (secondary N) is 1. The highest BCUT2D eigenvalue weighted by molar-refractivity contribution is 6.30. The first kappa shape index (κ1) is 20.9. The first-order valence-corrected chi connectivity index (χ1v) is 10.6. The van der Waals surface area contributed by atoms with Crippen molar-refractivity contribution in [3.63, 3.8) is 0 Å². The average molecular weight is 404 g/mol. The van der Waals surface area contributed by atoms with Crippen LogP contribution < -0.4 is 5.32 Å². The maximum atomic E-state index is 12.4. The van der Waals surface area contributed by atoms with Crippen LogP contribution in [0.15, 0.2) is 24.3 Å². The molecule has 0 unspecified atom stereocenters. The van der Waals surface area contributed by atoms with Crippen molar-refractivity contribution in [1.29, 1.82) is 0 Å². The molecule has 0 bridgehead atoms. The van der Waals surface area contributed by atoms with Gasteiger partial charge in [-0.2, -0.15) is 5.10 Å². The second-order valence-electron chi connectivity index (χ2n) is 7.55. The van der Waals surface area contributed by atoms with E-state index in [-0.39, 0.29) is 5.91 Å². The summed E-state index contributed by atoms with van der Waals surface area (Å²) in [4.78, 5) is 12.4. The molecule has 1 aliphatic rings. The number of carbonyl (C=O) groups excluding carboxylic acids is 1. The molecule has 1 aromatic carbocycles. The molecule has 1 N–H and O–H groups in total. The molecule has 6 heteroatoms. The Bertz CT molecular complexity index is 780. The van der Waals surface area contributed by atoms with E-state index in [4.69, 9.17) is 16.3 Å². The molecule has 1 amide bonds. The molecule has 152 valence electrons. The number of ether oxygens (including phenoxy) is 1. The van der Waals surface area contributed by atoms with Crippen LogP contribution in [-0.2, 0) is 16.0 Å². The van der Waals surface area contributed by atoms with Crippen LogP contribution in [0.4, 0.5) is 0 Å². The van der Waals surface area contributed by atoms with Gasteiger partial charge in [0.1, 0.15) is 0 Å². The van der Waals surface area contributed by atoms with Gasteiger partial charge in [-0.3, -0.25) is 4.79 Å². The molecule has 2 aromatic rings. The Hall–Kier alpha value is -1.85. The van der Waals surface area contributed by atoms with Gasteiger partial charge in [-0.25, -0.2) is 4.68 Å². The van der Waals surface area contributed by atoms with Gasteiger partial charge < -0.3 is 10.1 Å². The molecule has 1 aromatic heterocycles. The number of benzene rings is 1. The van der Waals surface area contributed by atoms with Crippen LogP contribution in [0.2, 0.25) is 5.02 Å². The Balaban J connectivity index is 1.46. The fraction of sp³-hybridized carbons (Fsp3) is 0.545. The van der Waals surface area contributed by atoms with Gasteiger partial charge in [-0.1, -0.05) is 30.9 Å². The van der Waals surface area contributed by atoms with E-state index in [0.717, 1.165) is 35.7 Å². The fourth-order valence-electron chi connectivity index (χ4n) is 3.77. The lowest BCUT2D eigenvalue weighted by molar-refractivity contribution is -0.120. The minimum absolute atomic E-state index is 0.0273. The van der Waals surface area contributed by atoms with Crippen LogP contribution >= 0.6 is 11.6 Å². The van der Waals surface area contributed by atoms with Crippen LogP contribution in [0.25, 0.3) is 5.69 Å². The van der Waals surface area contributed by atoms with Crippen molar-refractivity contribution in [2.24, 2.45) is 0 Å². The number of amides is 1. The molecule has 0 spiro atoms. The maximum Gasteiger partial charge on any atom is 0.224 e. The molecule has 28 heavy (non-hydrogen) atoms. The third-order valence-electron chi connectivity index (χ3n) is 5.40. The SMILES string of the molecule is Cc1nn(-c2ccc(Cl)cc2)c(C)c1CC(=O)NCCCOC1CCCCC1. The molecule has 0 saturated heterocycles. The van der Waals surface area contributed by atoms with Crippen molar-refractivity contribution in [1.82, 2.24) is 15.1 Å². The monoisotopic (exact) mass is 403 g/mol. The van der Waals surface area contributed by atoms with Gasteiger partial charge in [0, 0.05) is 29.4 Å². The summed E-state index contributed by atoms with van der Waals surface area (Å²) in [6, 6.07) is 7.54. The normalized spacial score (nSPS) is 15.0. The molecule has 3 rings (SSSR count). The zero-order valence-electron chi connectivity index (χ0n) is 16.8. The highest BCUT2D eigenvalue weighted by atomic mass is 35.5. The van der Waals surface area contributed by atoms with E-state index in [1.807, 2.05) is 42.8 Å². The molecular weight excluding hydrogens is 374 g/mol. The van der Waals surface area contributed by atoms with Crippen molar-refractivity contribution in [3.8, 4) is 5.69 Å². The summed E-state index contributed by atoms with van der Waals surface area (Å²) < 4.78 is 7.78. The van der Waals surface area contributed by atoms with Crippen LogP contribution in [0, 0.1) is 13.8 Å². The third-order valence-corrected chi connectivity index (χ3v) is 5.65. The molecule has 0 radical (unpaired) electrons. The van der Waals surface area contributed by atoms with E-state index in [1.54, 1.807) is 0 Å². The molecular formula is C22H30ClN3O2. The number of aryl methyl sites for hydroxylation is 1. The van der Waals surface area contributed by atoms with Gasteiger partial charge in [-0.05, 0) is 57.4 Å². The van der Waals surface area contributed by atoms with Gasteiger partial charge in [0.15, 0.2) is 0 Å². The Morgan fingerprint density at radius 2 is 1.93 bits per heavy atom. The van der Waals surface area contributed by atoms with Crippen LogP contribution in [0.1, 0.15) is 55.5 Å². The fourth-order valence-corrected chi connectivity index (χ4v) is 3.90. The molecule has 1 aliphatic carbocycles. The van der Waals surface area contributed by atoms with E-state index in [9.17, 15) is 4.79 Å². The second kappa shape index (κ2) is 10.1. The van der Waals surface area contributed by atoms with Crippen molar-refractivity contribution in [2.45, 2.75) is 64.9 Å². The molecule has 1 fully saturated rings. The summed E-state index contributed by atoms with van der Waals surface area (Å²) in [5, 5.41) is 8.30. The predicted octanol–water partition coefficient (Wildman–Crippen LogP) is 4.54. The Morgan fingerprint density at radius 1 is 1.21 bits per heavy atom. The highest BCUT2D eigenvalue weighted by Crippen LogP contribution is 2.21. The van der Waals surface area contributed by atoms with Gasteiger partial charge in [0.25, 0.3) is 0 Å². The summed E-state index contributed by atoms with van der Waals surface area (Å²) in [6.45, 7) is 5.31. The van der Waals surface area contributed by atoms with Crippen LogP contribution in [0.3, 0.4) is 0 Å². The Labute approximate surface area is 172 Å². The smallest absolute Gasteiger partial charge is 0.224 e. The predicted molar refractivity (Wildman–Crippen MR) is 112 cm³/mol. The maximum absolute atomic E-state index is 12.4. The van der Waals surface area contributed by atoms with Crippen molar-refractivity contribution >= 4 is 17.5 Å². The summed E-state index contributed by atoms with van der Waals surface area (Å²) >= 11 is 5.97. The topological polar surface area (TPSA) is 56.2 Å². The number of rotatable bonds is 8. The lowest BCUT2D eigenvalue weighted by Crippen LogP contribution is -2.28. The number of hydrogen-bond donors (Lipinski definition) is 1. The van der Waals surface area contributed by atoms with Gasteiger partial charge in [0.2, 0.25) is 5.91 Å². The van der Waals surface area contributed by atoms with E-state index in [1.165, 1.54) is 32.1 Å². The minimum atomic E-state index is 0.0273.